The van der Waals surface area contributed by atoms with Crippen LogP contribution in [-0.4, -0.2) is 74.1 Å². The average molecular weight is 691 g/mol. The molecule has 14 heteroatoms. The highest BCUT2D eigenvalue weighted by molar-refractivity contribution is 5.97. The monoisotopic (exact) mass is 690 g/mol. The van der Waals surface area contributed by atoms with Gasteiger partial charge in [-0.3, -0.25) is 19.2 Å². The smallest absolute Gasteiger partial charge is 0.408 e. The summed E-state index contributed by atoms with van der Waals surface area (Å²) in [5, 5.41) is 7.91. The van der Waals surface area contributed by atoms with E-state index in [1.54, 1.807) is 12.1 Å². The van der Waals surface area contributed by atoms with E-state index in [4.69, 9.17) is 27.7 Å². The third-order valence-corrected chi connectivity index (χ3v) is 8.24. The quantitative estimate of drug-likeness (QED) is 0.0770. The molecule has 1 aliphatic heterocycles. The fourth-order valence-corrected chi connectivity index (χ4v) is 5.44. The molecule has 2 aromatic carbocycles. The minimum atomic E-state index is -1.10. The Hall–Kier alpha value is -4.97. The molecule has 1 aliphatic rings. The van der Waals surface area contributed by atoms with E-state index in [0.29, 0.717) is 75.8 Å². The molecule has 0 radical (unpaired) electrons. The van der Waals surface area contributed by atoms with Gasteiger partial charge in [0.1, 0.15) is 18.1 Å². The number of primary amides is 1. The van der Waals surface area contributed by atoms with Crippen molar-refractivity contribution in [2.45, 2.75) is 82.5 Å². The van der Waals surface area contributed by atoms with Crippen LogP contribution in [0.2, 0.25) is 0 Å². The first-order chi connectivity index (χ1) is 24.2. The summed E-state index contributed by atoms with van der Waals surface area (Å²) in [6.45, 7) is 0.813. The van der Waals surface area contributed by atoms with Gasteiger partial charge >= 0.3 is 6.09 Å². The summed E-state index contributed by atoms with van der Waals surface area (Å²) in [6, 6.07) is 11.7. The van der Waals surface area contributed by atoms with E-state index < -0.39 is 54.5 Å². The molecule has 0 aromatic heterocycles. The first-order valence-corrected chi connectivity index (χ1v) is 17.1. The van der Waals surface area contributed by atoms with Gasteiger partial charge in [0.25, 0.3) is 5.91 Å². The average Bonchev–Trinajstić information content (AvgIpc) is 3.10. The third kappa shape index (κ3) is 12.5. The molecule has 0 aliphatic carbocycles. The van der Waals surface area contributed by atoms with Crippen LogP contribution in [-0.2, 0) is 30.5 Å². The highest BCUT2D eigenvalue weighted by Crippen LogP contribution is 2.25. The zero-order valence-electron chi connectivity index (χ0n) is 28.5. The minimum absolute atomic E-state index is 0.196. The van der Waals surface area contributed by atoms with E-state index in [9.17, 15) is 24.0 Å². The molecule has 3 atom stereocenters. The molecule has 0 unspecified atom stereocenters. The van der Waals surface area contributed by atoms with Gasteiger partial charge in [0.2, 0.25) is 17.7 Å². The standard InChI is InChI=1S/C36H50N8O6/c37-20-8-5-14-28(33(40)46)41-34(47)29(15-6-9-21-38)42-35(48)30(16-7-10-22-39)43-36(49)50-24-32(45)44-23-27-13-2-1-11-25(27)18-19-26-12-3-4-17-31(26)44/h1-4,11-13,17,28-30H,5-10,14-16,20-24,37-39H2,(H2,40,46)(H,41,47)(H,42,48)(H,43,49)/t28-,29-,30-/m0/s1. The van der Waals surface area contributed by atoms with Crippen molar-refractivity contribution >= 4 is 35.4 Å². The second-order valence-corrected chi connectivity index (χ2v) is 12.1. The van der Waals surface area contributed by atoms with Crippen LogP contribution in [0.5, 0.6) is 0 Å². The normalized spacial score (nSPS) is 13.5. The van der Waals surface area contributed by atoms with Gasteiger partial charge in [-0.25, -0.2) is 4.79 Å². The highest BCUT2D eigenvalue weighted by Gasteiger charge is 2.30. The van der Waals surface area contributed by atoms with Gasteiger partial charge in [-0.2, -0.15) is 0 Å². The SMILES string of the molecule is NCCCC[C@H](NC(=O)[C@H](CCCCN)NC(=O)[C@H](CCCCN)NC(=O)OCC(=O)N1Cc2ccccc2C#Cc2ccccc21)C(N)=O. The van der Waals surface area contributed by atoms with Gasteiger partial charge < -0.3 is 48.5 Å². The minimum Gasteiger partial charge on any atom is -0.439 e. The molecule has 50 heavy (non-hydrogen) atoms. The molecule has 1 heterocycles. The van der Waals surface area contributed by atoms with E-state index in [2.05, 4.69) is 27.8 Å². The van der Waals surface area contributed by atoms with Crippen LogP contribution < -0.4 is 43.8 Å². The lowest BCUT2D eigenvalue weighted by Crippen LogP contribution is -2.56. The van der Waals surface area contributed by atoms with Crippen molar-refractivity contribution in [3.05, 3.63) is 65.2 Å². The van der Waals surface area contributed by atoms with E-state index in [1.807, 2.05) is 36.4 Å². The molecule has 270 valence electrons. The number of nitrogens with one attached hydrogen (secondary N) is 3. The fourth-order valence-electron chi connectivity index (χ4n) is 5.44. The Kier molecular flexibility index (Phi) is 16.7. The van der Waals surface area contributed by atoms with Gasteiger partial charge in [0.15, 0.2) is 6.61 Å². The predicted octanol–water partition coefficient (Wildman–Crippen LogP) is 0.870. The molecule has 3 rings (SSSR count). The van der Waals surface area contributed by atoms with E-state index >= 15 is 0 Å². The van der Waals surface area contributed by atoms with Crippen LogP contribution in [0.3, 0.4) is 0 Å². The fraction of sp³-hybridized carbons (Fsp3) is 0.472. The zero-order valence-corrected chi connectivity index (χ0v) is 28.5. The maximum atomic E-state index is 13.6. The lowest BCUT2D eigenvalue weighted by Gasteiger charge is -2.26. The molecule has 14 nitrogen and oxygen atoms in total. The molecular formula is C36H50N8O6. The number of ether oxygens (including phenoxy) is 1. The van der Waals surface area contributed by atoms with E-state index in [1.165, 1.54) is 4.90 Å². The molecule has 2 aromatic rings. The van der Waals surface area contributed by atoms with Crippen LogP contribution in [0, 0.1) is 11.8 Å². The lowest BCUT2D eigenvalue weighted by molar-refractivity contribution is -0.132. The number of carbonyl (C=O) groups is 5. The molecule has 0 saturated heterocycles. The third-order valence-electron chi connectivity index (χ3n) is 8.24. The topological polar surface area (TPSA) is 238 Å². The zero-order chi connectivity index (χ0) is 36.3. The van der Waals surface area contributed by atoms with Crippen LogP contribution in [0.4, 0.5) is 10.5 Å². The summed E-state index contributed by atoms with van der Waals surface area (Å²) in [7, 11) is 0. The number of anilines is 1. The van der Waals surface area contributed by atoms with Crippen molar-refractivity contribution in [2.75, 3.05) is 31.1 Å². The second-order valence-electron chi connectivity index (χ2n) is 12.1. The number of hydrogen-bond donors (Lipinski definition) is 7. The van der Waals surface area contributed by atoms with Crippen LogP contribution >= 0.6 is 0 Å². The number of para-hydroxylation sites is 1. The Morgan fingerprint density at radius 1 is 0.680 bits per heavy atom. The number of fused-ring (bicyclic) bond motifs is 2. The van der Waals surface area contributed by atoms with Crippen molar-refractivity contribution < 1.29 is 28.7 Å². The summed E-state index contributed by atoms with van der Waals surface area (Å²) in [5.74, 6) is 3.88. The Morgan fingerprint density at radius 2 is 1.18 bits per heavy atom. The molecule has 0 spiro atoms. The van der Waals surface area contributed by atoms with E-state index in [0.717, 1.165) is 11.1 Å². The maximum Gasteiger partial charge on any atom is 0.408 e. The molecular weight excluding hydrogens is 640 g/mol. The number of unbranched alkanes of at least 4 members (excludes halogenated alkanes) is 3. The van der Waals surface area contributed by atoms with Crippen molar-refractivity contribution in [1.82, 2.24) is 16.0 Å². The molecule has 11 N–H and O–H groups in total. The summed E-state index contributed by atoms with van der Waals surface area (Å²) in [4.78, 5) is 67.0. The number of nitrogens with two attached hydrogens (primary N) is 4. The second kappa shape index (κ2) is 21.2. The molecule has 5 amide bonds. The number of alkyl carbamates (subject to hydrolysis) is 1. The van der Waals surface area contributed by atoms with Crippen LogP contribution in [0.25, 0.3) is 0 Å². The van der Waals surface area contributed by atoms with Crippen LogP contribution in [0.1, 0.15) is 74.5 Å². The van der Waals surface area contributed by atoms with Crippen LogP contribution in [0.15, 0.2) is 48.5 Å². The number of amides is 5. The number of nitrogens with zero attached hydrogens (tertiary/aromatic N) is 1. The van der Waals surface area contributed by atoms with Crippen molar-refractivity contribution in [2.24, 2.45) is 22.9 Å². The number of benzene rings is 2. The van der Waals surface area contributed by atoms with Gasteiger partial charge in [-0.15, -0.1) is 0 Å². The largest absolute Gasteiger partial charge is 0.439 e. The molecule has 0 saturated carbocycles. The Bertz CT molecular complexity index is 1520. The number of hydrogen-bond acceptors (Lipinski definition) is 9. The van der Waals surface area contributed by atoms with Gasteiger partial charge in [-0.05, 0) is 101 Å². The van der Waals surface area contributed by atoms with Crippen molar-refractivity contribution in [3.63, 3.8) is 0 Å². The van der Waals surface area contributed by atoms with Gasteiger partial charge in [-0.1, -0.05) is 42.2 Å². The maximum absolute atomic E-state index is 13.6. The molecule has 0 bridgehead atoms. The predicted molar refractivity (Wildman–Crippen MR) is 190 cm³/mol. The number of carbonyl (C=O) groups excluding carboxylic acids is 5. The lowest BCUT2D eigenvalue weighted by atomic mass is 10.0. The molecule has 0 fully saturated rings. The van der Waals surface area contributed by atoms with Gasteiger partial charge in [0.05, 0.1) is 12.2 Å². The Morgan fingerprint density at radius 3 is 1.78 bits per heavy atom. The summed E-state index contributed by atoms with van der Waals surface area (Å²) in [6.07, 6.45) is 3.20. The summed E-state index contributed by atoms with van der Waals surface area (Å²) < 4.78 is 5.34. The first-order valence-electron chi connectivity index (χ1n) is 17.1. The van der Waals surface area contributed by atoms with E-state index in [-0.39, 0.29) is 19.4 Å². The Balaban J connectivity index is 1.70. The first kappa shape index (κ1) is 39.5. The van der Waals surface area contributed by atoms with Gasteiger partial charge in [0, 0.05) is 11.1 Å². The van der Waals surface area contributed by atoms with Crippen molar-refractivity contribution in [3.8, 4) is 11.8 Å². The Labute approximate surface area is 293 Å². The summed E-state index contributed by atoms with van der Waals surface area (Å²) in [5.41, 5.74) is 25.2. The van der Waals surface area contributed by atoms with Crippen molar-refractivity contribution in [1.29, 1.82) is 0 Å². The number of rotatable bonds is 20. The highest BCUT2D eigenvalue weighted by atomic mass is 16.6. The summed E-state index contributed by atoms with van der Waals surface area (Å²) >= 11 is 0.